The summed E-state index contributed by atoms with van der Waals surface area (Å²) in [7, 11) is 4.03. The van der Waals surface area contributed by atoms with Gasteiger partial charge in [-0.3, -0.25) is 15.1 Å². The average molecular weight is 432 g/mol. The lowest BCUT2D eigenvalue weighted by atomic mass is 10.0. The predicted molar refractivity (Wildman–Crippen MR) is 132 cm³/mol. The summed E-state index contributed by atoms with van der Waals surface area (Å²) >= 11 is 0. The first kappa shape index (κ1) is 19.2. The molecule has 0 unspecified atom stereocenters. The van der Waals surface area contributed by atoms with Crippen molar-refractivity contribution < 1.29 is 0 Å². The van der Waals surface area contributed by atoms with Gasteiger partial charge in [-0.2, -0.15) is 5.10 Å². The van der Waals surface area contributed by atoms with Gasteiger partial charge in [-0.1, -0.05) is 12.1 Å². The van der Waals surface area contributed by atoms with Crippen molar-refractivity contribution in [2.75, 3.05) is 19.0 Å². The third-order valence-electron chi connectivity index (χ3n) is 5.86. The molecular weight excluding hydrogens is 410 g/mol. The van der Waals surface area contributed by atoms with Crippen LogP contribution in [0.2, 0.25) is 0 Å². The van der Waals surface area contributed by atoms with E-state index >= 15 is 0 Å². The van der Waals surface area contributed by atoms with Gasteiger partial charge in [0.1, 0.15) is 11.3 Å². The van der Waals surface area contributed by atoms with Gasteiger partial charge in [0.2, 0.25) is 0 Å². The van der Waals surface area contributed by atoms with Gasteiger partial charge in [0.15, 0.2) is 0 Å². The Kier molecular flexibility index (Phi) is 4.40. The SMILES string of the molecule is CN(C)c1cncc(-c2ccc3[nH]nc(-c4cc5c(-c6ccccn6)ccnc5[nH]4)c3c2)c1. The quantitative estimate of drug-likeness (QED) is 0.396. The van der Waals surface area contributed by atoms with Gasteiger partial charge in [-0.05, 0) is 48.0 Å². The summed E-state index contributed by atoms with van der Waals surface area (Å²) in [6.45, 7) is 0. The Bertz CT molecular complexity index is 1600. The molecule has 160 valence electrons. The van der Waals surface area contributed by atoms with E-state index in [-0.39, 0.29) is 0 Å². The van der Waals surface area contributed by atoms with Crippen molar-refractivity contribution in [3.05, 3.63) is 79.4 Å². The van der Waals surface area contributed by atoms with E-state index in [9.17, 15) is 0 Å². The Morgan fingerprint density at radius 2 is 1.76 bits per heavy atom. The maximum absolute atomic E-state index is 4.62. The number of nitrogens with one attached hydrogen (secondary N) is 2. The van der Waals surface area contributed by atoms with Crippen LogP contribution in [-0.2, 0) is 0 Å². The second-order valence-corrected chi connectivity index (χ2v) is 8.18. The Hall–Kier alpha value is -4.52. The van der Waals surface area contributed by atoms with E-state index in [1.165, 1.54) is 0 Å². The molecule has 0 fully saturated rings. The number of pyridine rings is 3. The molecule has 1 aromatic carbocycles. The molecule has 7 nitrogen and oxygen atoms in total. The molecule has 0 aliphatic rings. The zero-order valence-corrected chi connectivity index (χ0v) is 18.2. The van der Waals surface area contributed by atoms with Crippen LogP contribution in [0.1, 0.15) is 0 Å². The van der Waals surface area contributed by atoms with E-state index in [1.54, 1.807) is 12.4 Å². The van der Waals surface area contributed by atoms with Crippen molar-refractivity contribution in [3.8, 4) is 33.8 Å². The second kappa shape index (κ2) is 7.56. The van der Waals surface area contributed by atoms with Crippen molar-refractivity contribution in [1.82, 2.24) is 30.1 Å². The monoisotopic (exact) mass is 431 g/mol. The van der Waals surface area contributed by atoms with E-state index in [2.05, 4.69) is 65.4 Å². The molecule has 5 aromatic heterocycles. The highest BCUT2D eigenvalue weighted by Gasteiger charge is 2.15. The minimum Gasteiger partial charge on any atom is -0.376 e. The fraction of sp³-hybridized carbons (Fsp3) is 0.0769. The summed E-state index contributed by atoms with van der Waals surface area (Å²) in [5, 5.41) is 9.83. The Morgan fingerprint density at radius 3 is 2.61 bits per heavy atom. The normalized spacial score (nSPS) is 11.3. The molecule has 0 bridgehead atoms. The summed E-state index contributed by atoms with van der Waals surface area (Å²) < 4.78 is 0. The fourth-order valence-electron chi connectivity index (χ4n) is 4.13. The first-order valence-corrected chi connectivity index (χ1v) is 10.7. The smallest absolute Gasteiger partial charge is 0.138 e. The number of benzene rings is 1. The van der Waals surface area contributed by atoms with Crippen molar-refractivity contribution in [2.45, 2.75) is 0 Å². The molecule has 6 aromatic rings. The van der Waals surface area contributed by atoms with E-state index in [4.69, 9.17) is 0 Å². The van der Waals surface area contributed by atoms with E-state index in [1.807, 2.05) is 50.8 Å². The highest BCUT2D eigenvalue weighted by Crippen LogP contribution is 2.34. The fourth-order valence-corrected chi connectivity index (χ4v) is 4.13. The Morgan fingerprint density at radius 1 is 0.818 bits per heavy atom. The minimum atomic E-state index is 0.809. The molecule has 0 spiro atoms. The van der Waals surface area contributed by atoms with Crippen molar-refractivity contribution >= 4 is 27.6 Å². The zero-order chi connectivity index (χ0) is 22.4. The first-order valence-electron chi connectivity index (χ1n) is 10.7. The molecule has 0 saturated heterocycles. The van der Waals surface area contributed by atoms with Gasteiger partial charge in [0, 0.05) is 54.6 Å². The molecule has 33 heavy (non-hydrogen) atoms. The zero-order valence-electron chi connectivity index (χ0n) is 18.2. The van der Waals surface area contributed by atoms with Gasteiger partial charge in [0.05, 0.1) is 28.8 Å². The maximum atomic E-state index is 4.62. The average Bonchev–Trinajstić information content (AvgIpc) is 3.48. The second-order valence-electron chi connectivity index (χ2n) is 8.18. The van der Waals surface area contributed by atoms with Crippen LogP contribution in [0.4, 0.5) is 5.69 Å². The van der Waals surface area contributed by atoms with Crippen molar-refractivity contribution in [3.63, 3.8) is 0 Å². The number of nitrogens with zero attached hydrogens (tertiary/aromatic N) is 5. The molecular formula is C26H21N7. The van der Waals surface area contributed by atoms with Crippen molar-refractivity contribution in [1.29, 1.82) is 0 Å². The van der Waals surface area contributed by atoms with Gasteiger partial charge in [0.25, 0.3) is 0 Å². The number of rotatable bonds is 4. The van der Waals surface area contributed by atoms with Crippen LogP contribution < -0.4 is 4.90 Å². The molecule has 0 amide bonds. The van der Waals surface area contributed by atoms with Gasteiger partial charge >= 0.3 is 0 Å². The molecule has 2 N–H and O–H groups in total. The van der Waals surface area contributed by atoms with E-state index in [0.29, 0.717) is 0 Å². The predicted octanol–water partition coefficient (Wildman–Crippen LogP) is 5.30. The lowest BCUT2D eigenvalue weighted by Crippen LogP contribution is -2.08. The molecule has 0 atom stereocenters. The van der Waals surface area contributed by atoms with Crippen LogP contribution in [0, 0.1) is 0 Å². The first-order chi connectivity index (χ1) is 16.2. The molecule has 5 heterocycles. The number of aromatic amines is 2. The number of aromatic nitrogens is 6. The molecule has 0 radical (unpaired) electrons. The topological polar surface area (TPSA) is 86.4 Å². The molecule has 0 saturated carbocycles. The highest BCUT2D eigenvalue weighted by molar-refractivity contribution is 6.00. The van der Waals surface area contributed by atoms with Crippen LogP contribution in [0.5, 0.6) is 0 Å². The summed E-state index contributed by atoms with van der Waals surface area (Å²) in [6, 6.07) is 18.5. The molecule has 0 aliphatic heterocycles. The third kappa shape index (κ3) is 3.30. The van der Waals surface area contributed by atoms with Crippen molar-refractivity contribution in [2.24, 2.45) is 0 Å². The van der Waals surface area contributed by atoms with Crippen LogP contribution in [-0.4, -0.2) is 44.2 Å². The molecule has 6 rings (SSSR count). The Labute approximate surface area is 190 Å². The Balaban J connectivity index is 1.48. The van der Waals surface area contributed by atoms with Gasteiger partial charge < -0.3 is 9.88 Å². The standard InChI is InChI=1S/C26H21N7/c1-33(2)18-11-17(14-27-15-18)16-6-7-23-21(12-16)25(32-31-23)24-13-20-19(8-10-29-26(20)30-24)22-5-3-4-9-28-22/h3-15H,1-2H3,(H,29,30)(H,31,32). The summed E-state index contributed by atoms with van der Waals surface area (Å²) in [5.74, 6) is 0. The summed E-state index contributed by atoms with van der Waals surface area (Å²) in [4.78, 5) is 19.0. The minimum absolute atomic E-state index is 0.809. The highest BCUT2D eigenvalue weighted by atomic mass is 15.1. The van der Waals surface area contributed by atoms with Gasteiger partial charge in [-0.15, -0.1) is 0 Å². The van der Waals surface area contributed by atoms with Crippen LogP contribution in [0.25, 0.3) is 55.7 Å². The van der Waals surface area contributed by atoms with Crippen LogP contribution in [0.3, 0.4) is 0 Å². The molecule has 0 aliphatic carbocycles. The molecule has 7 heteroatoms. The lowest BCUT2D eigenvalue weighted by molar-refractivity contribution is 1.11. The van der Waals surface area contributed by atoms with Gasteiger partial charge in [-0.25, -0.2) is 4.98 Å². The number of anilines is 1. The van der Waals surface area contributed by atoms with Crippen LogP contribution in [0.15, 0.2) is 79.4 Å². The largest absolute Gasteiger partial charge is 0.376 e. The number of H-pyrrole nitrogens is 2. The third-order valence-corrected chi connectivity index (χ3v) is 5.86. The van der Waals surface area contributed by atoms with E-state index < -0.39 is 0 Å². The number of fused-ring (bicyclic) bond motifs is 2. The maximum Gasteiger partial charge on any atom is 0.138 e. The number of hydrogen-bond acceptors (Lipinski definition) is 5. The van der Waals surface area contributed by atoms with E-state index in [0.717, 1.165) is 61.4 Å². The number of hydrogen-bond donors (Lipinski definition) is 2. The summed E-state index contributed by atoms with van der Waals surface area (Å²) in [6.07, 6.45) is 7.36. The van der Waals surface area contributed by atoms with Crippen LogP contribution >= 0.6 is 0 Å². The lowest BCUT2D eigenvalue weighted by Gasteiger charge is -2.13. The summed E-state index contributed by atoms with van der Waals surface area (Å²) in [5.41, 5.74) is 8.70.